The lowest BCUT2D eigenvalue weighted by molar-refractivity contribution is 0.0939. The van der Waals surface area contributed by atoms with Crippen molar-refractivity contribution < 1.29 is 4.79 Å². The molecule has 6 heteroatoms. The molecule has 0 aromatic carbocycles. The van der Waals surface area contributed by atoms with Gasteiger partial charge < -0.3 is 5.32 Å². The molecule has 1 amide bonds. The van der Waals surface area contributed by atoms with E-state index in [-0.39, 0.29) is 11.9 Å². The van der Waals surface area contributed by atoms with Crippen molar-refractivity contribution in [2.75, 3.05) is 0 Å². The highest BCUT2D eigenvalue weighted by atomic mass is 16.1. The number of carbonyl (C=O) groups excluding carboxylic acids is 1. The molecular formula is C13H19N5O. The molecule has 0 radical (unpaired) electrons. The van der Waals surface area contributed by atoms with Crippen LogP contribution >= 0.6 is 0 Å². The number of amides is 1. The zero-order valence-corrected chi connectivity index (χ0v) is 11.9. The molecule has 0 aliphatic carbocycles. The van der Waals surface area contributed by atoms with Gasteiger partial charge in [-0.15, -0.1) is 0 Å². The van der Waals surface area contributed by atoms with Gasteiger partial charge in [-0.25, -0.2) is 0 Å². The molecule has 0 spiro atoms. The van der Waals surface area contributed by atoms with Crippen LogP contribution in [0.3, 0.4) is 0 Å². The van der Waals surface area contributed by atoms with Gasteiger partial charge in [0.25, 0.3) is 5.91 Å². The van der Waals surface area contributed by atoms with Gasteiger partial charge in [-0.3, -0.25) is 14.2 Å². The summed E-state index contributed by atoms with van der Waals surface area (Å²) < 4.78 is 3.44. The first-order valence-electron chi connectivity index (χ1n) is 6.19. The molecule has 2 aromatic rings. The molecule has 1 atom stereocenters. The summed E-state index contributed by atoms with van der Waals surface area (Å²) in [6.07, 6.45) is 3.52. The Balaban J connectivity index is 2.15. The fourth-order valence-electron chi connectivity index (χ4n) is 2.12. The van der Waals surface area contributed by atoms with Crippen LogP contribution in [0, 0.1) is 13.8 Å². The maximum absolute atomic E-state index is 12.2. The van der Waals surface area contributed by atoms with Crippen molar-refractivity contribution >= 4 is 5.91 Å². The molecule has 0 bridgehead atoms. The molecule has 1 N–H and O–H groups in total. The Morgan fingerprint density at radius 3 is 2.53 bits per heavy atom. The number of hydrogen-bond donors (Lipinski definition) is 1. The lowest BCUT2D eigenvalue weighted by atomic mass is 10.1. The quantitative estimate of drug-likeness (QED) is 0.904. The minimum Gasteiger partial charge on any atom is -0.345 e. The molecule has 2 heterocycles. The highest BCUT2D eigenvalue weighted by Gasteiger charge is 2.18. The molecule has 0 fully saturated rings. The topological polar surface area (TPSA) is 64.7 Å². The molecular weight excluding hydrogens is 242 g/mol. The van der Waals surface area contributed by atoms with E-state index in [1.807, 2.05) is 27.8 Å². The number of nitrogens with one attached hydrogen (secondary N) is 1. The first-order chi connectivity index (χ1) is 8.90. The molecule has 6 nitrogen and oxygen atoms in total. The largest absolute Gasteiger partial charge is 0.345 e. The van der Waals surface area contributed by atoms with Gasteiger partial charge in [0.1, 0.15) is 0 Å². The van der Waals surface area contributed by atoms with Crippen molar-refractivity contribution in [2.24, 2.45) is 14.1 Å². The fourth-order valence-corrected chi connectivity index (χ4v) is 2.12. The Labute approximate surface area is 112 Å². The third-order valence-corrected chi connectivity index (χ3v) is 3.35. The Morgan fingerprint density at radius 2 is 2.05 bits per heavy atom. The van der Waals surface area contributed by atoms with Gasteiger partial charge in [-0.1, -0.05) is 0 Å². The monoisotopic (exact) mass is 261 g/mol. The summed E-state index contributed by atoms with van der Waals surface area (Å²) in [4.78, 5) is 12.2. The van der Waals surface area contributed by atoms with Gasteiger partial charge in [-0.2, -0.15) is 10.2 Å². The Kier molecular flexibility index (Phi) is 3.42. The van der Waals surface area contributed by atoms with E-state index in [0.29, 0.717) is 5.56 Å². The van der Waals surface area contributed by atoms with Crippen LogP contribution in [-0.2, 0) is 14.1 Å². The van der Waals surface area contributed by atoms with Crippen LogP contribution in [0.25, 0.3) is 0 Å². The van der Waals surface area contributed by atoms with Crippen LogP contribution in [0.2, 0.25) is 0 Å². The number of aryl methyl sites for hydroxylation is 3. The van der Waals surface area contributed by atoms with Gasteiger partial charge in [0, 0.05) is 31.5 Å². The van der Waals surface area contributed by atoms with Crippen LogP contribution in [-0.4, -0.2) is 25.5 Å². The minimum absolute atomic E-state index is 0.0826. The predicted octanol–water partition coefficient (Wildman–Crippen LogP) is 1.26. The molecule has 0 unspecified atom stereocenters. The van der Waals surface area contributed by atoms with Crippen LogP contribution in [0.4, 0.5) is 0 Å². The average Bonchev–Trinajstić information content (AvgIpc) is 2.83. The normalized spacial score (nSPS) is 12.5. The Bertz CT molecular complexity index is 611. The van der Waals surface area contributed by atoms with Crippen LogP contribution in [0.5, 0.6) is 0 Å². The molecule has 2 aromatic heterocycles. The summed E-state index contributed by atoms with van der Waals surface area (Å²) >= 11 is 0. The highest BCUT2D eigenvalue weighted by molar-refractivity contribution is 5.95. The third-order valence-electron chi connectivity index (χ3n) is 3.35. The van der Waals surface area contributed by atoms with Crippen LogP contribution in [0.1, 0.15) is 40.3 Å². The third kappa shape index (κ3) is 2.52. The number of hydrogen-bond acceptors (Lipinski definition) is 3. The van der Waals surface area contributed by atoms with Gasteiger partial charge >= 0.3 is 0 Å². The molecule has 0 saturated heterocycles. The van der Waals surface area contributed by atoms with Gasteiger partial charge in [0.05, 0.1) is 23.5 Å². The molecule has 2 rings (SSSR count). The Hall–Kier alpha value is -2.11. The number of carbonyl (C=O) groups is 1. The van der Waals surface area contributed by atoms with Crippen molar-refractivity contribution in [1.82, 2.24) is 24.9 Å². The summed E-state index contributed by atoms with van der Waals surface area (Å²) in [5.74, 6) is -0.110. The van der Waals surface area contributed by atoms with Gasteiger partial charge in [0.2, 0.25) is 0 Å². The van der Waals surface area contributed by atoms with E-state index in [1.165, 1.54) is 0 Å². The minimum atomic E-state index is -0.110. The van der Waals surface area contributed by atoms with Gasteiger partial charge in [0.15, 0.2) is 0 Å². The average molecular weight is 261 g/mol. The smallest absolute Gasteiger partial charge is 0.255 e. The molecule has 0 aliphatic heterocycles. The van der Waals surface area contributed by atoms with Crippen molar-refractivity contribution in [2.45, 2.75) is 26.8 Å². The van der Waals surface area contributed by atoms with E-state index < -0.39 is 0 Å². The van der Waals surface area contributed by atoms with Crippen LogP contribution < -0.4 is 5.32 Å². The maximum Gasteiger partial charge on any atom is 0.255 e. The second-order valence-corrected chi connectivity index (χ2v) is 4.81. The van der Waals surface area contributed by atoms with E-state index in [2.05, 4.69) is 15.5 Å². The number of nitrogens with zero attached hydrogens (tertiary/aromatic N) is 4. The molecule has 102 valence electrons. The zero-order chi connectivity index (χ0) is 14.2. The highest BCUT2D eigenvalue weighted by Crippen LogP contribution is 2.17. The molecule has 19 heavy (non-hydrogen) atoms. The standard InChI is InChI=1S/C13H19N5O/c1-8(11-6-14-18(5)10(11)3)15-13(19)12-7-17(4)16-9(12)2/h6-8H,1-5H3,(H,15,19)/t8-/m0/s1. The molecule has 0 saturated carbocycles. The first kappa shape index (κ1) is 13.3. The van der Waals surface area contributed by atoms with E-state index in [4.69, 9.17) is 0 Å². The lowest BCUT2D eigenvalue weighted by Crippen LogP contribution is -2.27. The number of rotatable bonds is 3. The maximum atomic E-state index is 12.2. The molecule has 0 aliphatic rings. The summed E-state index contributed by atoms with van der Waals surface area (Å²) in [5.41, 5.74) is 3.42. The van der Waals surface area contributed by atoms with Crippen molar-refractivity contribution in [3.63, 3.8) is 0 Å². The van der Waals surface area contributed by atoms with E-state index in [9.17, 15) is 4.79 Å². The van der Waals surface area contributed by atoms with Crippen molar-refractivity contribution in [3.8, 4) is 0 Å². The van der Waals surface area contributed by atoms with Crippen molar-refractivity contribution in [1.29, 1.82) is 0 Å². The summed E-state index contributed by atoms with van der Waals surface area (Å²) in [6.45, 7) is 5.77. The second kappa shape index (κ2) is 4.87. The second-order valence-electron chi connectivity index (χ2n) is 4.81. The van der Waals surface area contributed by atoms with E-state index >= 15 is 0 Å². The Morgan fingerprint density at radius 1 is 1.37 bits per heavy atom. The van der Waals surface area contributed by atoms with Gasteiger partial charge in [-0.05, 0) is 20.8 Å². The van der Waals surface area contributed by atoms with E-state index in [0.717, 1.165) is 17.0 Å². The summed E-state index contributed by atoms with van der Waals surface area (Å²) in [6, 6.07) is -0.0826. The number of aromatic nitrogens is 4. The van der Waals surface area contributed by atoms with Crippen molar-refractivity contribution in [3.05, 3.63) is 34.9 Å². The zero-order valence-electron chi connectivity index (χ0n) is 11.9. The first-order valence-corrected chi connectivity index (χ1v) is 6.19. The SMILES string of the molecule is Cc1nn(C)cc1C(=O)N[C@@H](C)c1cnn(C)c1C. The van der Waals surface area contributed by atoms with Crippen LogP contribution in [0.15, 0.2) is 12.4 Å². The lowest BCUT2D eigenvalue weighted by Gasteiger charge is -2.13. The summed E-state index contributed by atoms with van der Waals surface area (Å²) in [7, 11) is 3.69. The van der Waals surface area contributed by atoms with E-state index in [1.54, 1.807) is 28.8 Å². The fraction of sp³-hybridized carbons (Fsp3) is 0.462. The predicted molar refractivity (Wildman–Crippen MR) is 71.8 cm³/mol. The summed E-state index contributed by atoms with van der Waals surface area (Å²) in [5, 5.41) is 11.3.